The largest absolute Gasteiger partial charge is 0.459 e. The average Bonchev–Trinajstić information content (AvgIpc) is 3.14. The highest BCUT2D eigenvalue weighted by molar-refractivity contribution is 5.84. The van der Waals surface area contributed by atoms with Crippen LogP contribution in [0.3, 0.4) is 0 Å². The Morgan fingerprint density at radius 2 is 2.23 bits per heavy atom. The summed E-state index contributed by atoms with van der Waals surface area (Å²) < 4.78 is 5.81. The second kappa shape index (κ2) is 5.69. The predicted octanol–water partition coefficient (Wildman–Crippen LogP) is 3.69. The van der Waals surface area contributed by atoms with Gasteiger partial charge in [0, 0.05) is 29.6 Å². The number of para-hydroxylation sites is 2. The Morgan fingerprint density at radius 1 is 1.35 bits per heavy atom. The van der Waals surface area contributed by atoms with Gasteiger partial charge in [0.15, 0.2) is 0 Å². The minimum absolute atomic E-state index is 0.0379. The van der Waals surface area contributed by atoms with Gasteiger partial charge in [0.1, 0.15) is 17.2 Å². The normalized spacial score (nSPS) is 20.3. The summed E-state index contributed by atoms with van der Waals surface area (Å²) in [6.07, 6.45) is 4.28. The highest BCUT2D eigenvalue weighted by Crippen LogP contribution is 2.47. The number of nitrogens with zero attached hydrogens (tertiary/aromatic N) is 2. The monoisotopic (exact) mass is 346 g/mol. The van der Waals surface area contributed by atoms with Crippen molar-refractivity contribution < 1.29 is 9.21 Å². The lowest BCUT2D eigenvalue weighted by atomic mass is 10.2. The topological polar surface area (TPSA) is 83.8 Å². The molecular weight excluding hydrogens is 328 g/mol. The molecule has 4 aromatic rings. The quantitative estimate of drug-likeness (QED) is 0.590. The summed E-state index contributed by atoms with van der Waals surface area (Å²) in [5.74, 6) is 1.80. The lowest BCUT2D eigenvalue weighted by Crippen LogP contribution is -2.28. The van der Waals surface area contributed by atoms with E-state index in [4.69, 9.17) is 4.42 Å². The number of fused-ring (bicyclic) bond motifs is 2. The third-order valence-electron chi connectivity index (χ3n) is 5.01. The molecule has 26 heavy (non-hydrogen) atoms. The van der Waals surface area contributed by atoms with Crippen molar-refractivity contribution in [3.63, 3.8) is 0 Å². The van der Waals surface area contributed by atoms with Crippen molar-refractivity contribution in [2.45, 2.75) is 25.3 Å². The molecule has 3 atom stereocenters. The molecule has 0 bridgehead atoms. The van der Waals surface area contributed by atoms with Crippen molar-refractivity contribution in [2.24, 2.45) is 5.92 Å². The van der Waals surface area contributed by atoms with Gasteiger partial charge in [-0.25, -0.2) is 4.98 Å². The summed E-state index contributed by atoms with van der Waals surface area (Å²) >= 11 is 0. The second-order valence-electron chi connectivity index (χ2n) is 6.88. The number of H-pyrrole nitrogens is 1. The first-order valence-corrected chi connectivity index (χ1v) is 8.77. The number of amides is 1. The van der Waals surface area contributed by atoms with Gasteiger partial charge in [-0.1, -0.05) is 12.1 Å². The molecule has 1 aliphatic carbocycles. The zero-order valence-corrected chi connectivity index (χ0v) is 14.3. The number of imidazole rings is 1. The Hall–Kier alpha value is -3.15. The Balaban J connectivity index is 1.28. The lowest BCUT2D eigenvalue weighted by Gasteiger charge is -2.11. The van der Waals surface area contributed by atoms with Crippen LogP contribution >= 0.6 is 0 Å². The summed E-state index contributed by atoms with van der Waals surface area (Å²) in [5, 5.41) is 4.00. The number of rotatable bonds is 4. The lowest BCUT2D eigenvalue weighted by molar-refractivity contribution is -0.123. The molecule has 3 aromatic heterocycles. The van der Waals surface area contributed by atoms with E-state index >= 15 is 0 Å². The number of carbonyl (C=O) groups is 1. The number of pyridine rings is 1. The van der Waals surface area contributed by atoms with Crippen LogP contribution in [0.4, 0.5) is 0 Å². The fourth-order valence-corrected chi connectivity index (χ4v) is 3.44. The van der Waals surface area contributed by atoms with E-state index in [-0.39, 0.29) is 23.8 Å². The van der Waals surface area contributed by atoms with Gasteiger partial charge in [0.2, 0.25) is 5.91 Å². The first kappa shape index (κ1) is 15.1. The maximum atomic E-state index is 12.6. The fourth-order valence-electron chi connectivity index (χ4n) is 3.44. The van der Waals surface area contributed by atoms with Crippen molar-refractivity contribution >= 4 is 27.9 Å². The van der Waals surface area contributed by atoms with Crippen molar-refractivity contribution in [2.75, 3.05) is 0 Å². The molecule has 0 radical (unpaired) electrons. The maximum absolute atomic E-state index is 12.6. The minimum Gasteiger partial charge on any atom is -0.459 e. The highest BCUT2D eigenvalue weighted by atomic mass is 16.3. The first-order valence-electron chi connectivity index (χ1n) is 8.77. The summed E-state index contributed by atoms with van der Waals surface area (Å²) in [7, 11) is 0. The number of benzene rings is 1. The van der Waals surface area contributed by atoms with Crippen molar-refractivity contribution in [1.82, 2.24) is 20.3 Å². The average molecular weight is 346 g/mol. The number of hydrogen-bond acceptors (Lipinski definition) is 4. The van der Waals surface area contributed by atoms with E-state index in [2.05, 4.69) is 20.3 Å². The molecule has 1 fully saturated rings. The van der Waals surface area contributed by atoms with Crippen LogP contribution in [0.2, 0.25) is 0 Å². The van der Waals surface area contributed by atoms with Crippen molar-refractivity contribution in [3.05, 3.63) is 60.4 Å². The molecule has 1 amide bonds. The van der Waals surface area contributed by atoms with E-state index in [1.165, 1.54) is 0 Å². The van der Waals surface area contributed by atoms with Crippen LogP contribution in [0.1, 0.15) is 36.9 Å². The third kappa shape index (κ3) is 2.54. The number of carbonyl (C=O) groups excluding carboxylic acids is 1. The van der Waals surface area contributed by atoms with Crippen molar-refractivity contribution in [1.29, 1.82) is 0 Å². The second-order valence-corrected chi connectivity index (χ2v) is 6.88. The molecular formula is C20H18N4O2. The van der Waals surface area contributed by atoms with E-state index in [0.29, 0.717) is 0 Å². The van der Waals surface area contributed by atoms with Crippen LogP contribution in [-0.2, 0) is 4.79 Å². The van der Waals surface area contributed by atoms with Gasteiger partial charge >= 0.3 is 0 Å². The third-order valence-corrected chi connectivity index (χ3v) is 5.01. The zero-order valence-electron chi connectivity index (χ0n) is 14.3. The smallest absolute Gasteiger partial charge is 0.224 e. The summed E-state index contributed by atoms with van der Waals surface area (Å²) in [4.78, 5) is 24.6. The Bertz CT molecular complexity index is 1050. The molecule has 1 saturated carbocycles. The number of nitrogens with one attached hydrogen (secondary N) is 2. The summed E-state index contributed by atoms with van der Waals surface area (Å²) in [5.41, 5.74) is 2.73. The highest BCUT2D eigenvalue weighted by Gasteiger charge is 2.46. The van der Waals surface area contributed by atoms with Crippen LogP contribution in [0, 0.1) is 5.92 Å². The van der Waals surface area contributed by atoms with Crippen LogP contribution < -0.4 is 5.32 Å². The Morgan fingerprint density at radius 3 is 3.08 bits per heavy atom. The number of aromatic nitrogens is 3. The maximum Gasteiger partial charge on any atom is 0.224 e. The van der Waals surface area contributed by atoms with E-state index in [1.54, 1.807) is 12.4 Å². The zero-order chi connectivity index (χ0) is 17.7. The molecule has 0 unspecified atom stereocenters. The van der Waals surface area contributed by atoms with Crippen LogP contribution in [0.25, 0.3) is 22.0 Å². The van der Waals surface area contributed by atoms with Gasteiger partial charge < -0.3 is 14.7 Å². The van der Waals surface area contributed by atoms with E-state index in [9.17, 15) is 4.79 Å². The van der Waals surface area contributed by atoms with Gasteiger partial charge in [0.05, 0.1) is 17.1 Å². The molecule has 5 rings (SSSR count). The molecule has 0 saturated heterocycles. The molecule has 6 nitrogen and oxygen atoms in total. The minimum atomic E-state index is -0.188. The van der Waals surface area contributed by atoms with Gasteiger partial charge in [0.25, 0.3) is 0 Å². The SMILES string of the molecule is C[C@@H](NC(=O)[C@H]1C[C@@H]1c1nc2ccccc2[nH]1)c1cc2cnccc2o1. The molecule has 0 spiro atoms. The van der Waals surface area contributed by atoms with Crippen LogP contribution in [-0.4, -0.2) is 20.9 Å². The number of hydrogen-bond donors (Lipinski definition) is 2. The molecule has 1 aliphatic rings. The first-order chi connectivity index (χ1) is 12.7. The molecule has 2 N–H and O–H groups in total. The van der Waals surface area contributed by atoms with Gasteiger partial charge in [-0.3, -0.25) is 9.78 Å². The van der Waals surface area contributed by atoms with Crippen LogP contribution in [0.5, 0.6) is 0 Å². The predicted molar refractivity (Wildman–Crippen MR) is 97.5 cm³/mol. The number of furan rings is 1. The van der Waals surface area contributed by atoms with E-state index < -0.39 is 0 Å². The molecule has 0 aliphatic heterocycles. The summed E-state index contributed by atoms with van der Waals surface area (Å²) in [6.45, 7) is 1.93. The fraction of sp³-hybridized carbons (Fsp3) is 0.250. The van der Waals surface area contributed by atoms with Crippen molar-refractivity contribution in [3.8, 4) is 0 Å². The van der Waals surface area contributed by atoms with E-state index in [0.717, 1.165) is 40.0 Å². The molecule has 1 aromatic carbocycles. The van der Waals surface area contributed by atoms with Gasteiger partial charge in [-0.2, -0.15) is 0 Å². The van der Waals surface area contributed by atoms with Gasteiger partial charge in [-0.05, 0) is 37.6 Å². The summed E-state index contributed by atoms with van der Waals surface area (Å²) in [6, 6.07) is 11.5. The molecule has 3 heterocycles. The van der Waals surface area contributed by atoms with Crippen LogP contribution in [0.15, 0.2) is 53.2 Å². The Labute approximate surface area is 149 Å². The Kier molecular flexibility index (Phi) is 3.31. The van der Waals surface area contributed by atoms with E-state index in [1.807, 2.05) is 43.3 Å². The number of aromatic amines is 1. The standard InChI is InChI=1S/C20H18N4O2/c1-11(18-8-12-10-21-7-6-17(12)26-18)22-20(25)14-9-13(14)19-23-15-4-2-3-5-16(15)24-19/h2-8,10-11,13-14H,9H2,1H3,(H,22,25)(H,23,24)/t11-,13+,14+/m1/s1. The molecule has 6 heteroatoms. The molecule has 130 valence electrons. The van der Waals surface area contributed by atoms with Gasteiger partial charge in [-0.15, -0.1) is 0 Å².